The number of aryl methyl sites for hydroxylation is 2. The fourth-order valence-corrected chi connectivity index (χ4v) is 2.85. The number of likely N-dealkylation sites (N-methyl/N-ethyl adjacent to an activating group) is 1. The van der Waals surface area contributed by atoms with Gasteiger partial charge in [0.05, 0.1) is 0 Å². The number of hydrogen-bond acceptors (Lipinski definition) is 1. The van der Waals surface area contributed by atoms with Crippen LogP contribution in [-0.4, -0.2) is 12.6 Å². The first-order chi connectivity index (χ1) is 9.15. The first-order valence-corrected chi connectivity index (χ1v) is 7.96. The van der Waals surface area contributed by atoms with Crippen LogP contribution in [0, 0.1) is 13.8 Å². The Morgan fingerprint density at radius 3 is 2.21 bits per heavy atom. The molecule has 19 heavy (non-hydrogen) atoms. The molecule has 0 aromatic heterocycles. The van der Waals surface area contributed by atoms with Crippen LogP contribution in [0.15, 0.2) is 18.2 Å². The van der Waals surface area contributed by atoms with Crippen LogP contribution in [0.25, 0.3) is 0 Å². The van der Waals surface area contributed by atoms with Gasteiger partial charge in [0.25, 0.3) is 0 Å². The fraction of sp³-hybridized carbons (Fsp3) is 0.667. The molecule has 0 bridgehead atoms. The molecule has 0 saturated heterocycles. The van der Waals surface area contributed by atoms with Crippen molar-refractivity contribution in [3.63, 3.8) is 0 Å². The van der Waals surface area contributed by atoms with Crippen molar-refractivity contribution in [2.45, 2.75) is 72.3 Å². The Labute approximate surface area is 119 Å². The van der Waals surface area contributed by atoms with Crippen LogP contribution >= 0.6 is 0 Å². The number of benzene rings is 1. The highest BCUT2D eigenvalue weighted by molar-refractivity contribution is 5.29. The van der Waals surface area contributed by atoms with Crippen LogP contribution in [0.5, 0.6) is 0 Å². The molecular weight excluding hydrogens is 230 g/mol. The van der Waals surface area contributed by atoms with E-state index in [2.05, 4.69) is 51.2 Å². The Bertz CT molecular complexity index is 336. The van der Waals surface area contributed by atoms with Gasteiger partial charge in [-0.2, -0.15) is 0 Å². The summed E-state index contributed by atoms with van der Waals surface area (Å²) < 4.78 is 0. The molecule has 1 aromatic rings. The minimum Gasteiger partial charge on any atom is -0.314 e. The van der Waals surface area contributed by atoms with E-state index in [0.717, 1.165) is 6.54 Å². The second kappa shape index (κ2) is 9.14. The lowest BCUT2D eigenvalue weighted by molar-refractivity contribution is 0.463. The van der Waals surface area contributed by atoms with E-state index in [1.807, 2.05) is 0 Å². The van der Waals surface area contributed by atoms with Crippen molar-refractivity contribution < 1.29 is 0 Å². The van der Waals surface area contributed by atoms with Crippen molar-refractivity contribution in [3.8, 4) is 0 Å². The molecule has 0 heterocycles. The van der Waals surface area contributed by atoms with Gasteiger partial charge in [-0.05, 0) is 38.8 Å². The summed E-state index contributed by atoms with van der Waals surface area (Å²) in [4.78, 5) is 0. The maximum absolute atomic E-state index is 3.65. The van der Waals surface area contributed by atoms with Gasteiger partial charge in [-0.1, -0.05) is 68.9 Å². The Morgan fingerprint density at radius 1 is 0.947 bits per heavy atom. The third-order valence-electron chi connectivity index (χ3n) is 3.66. The van der Waals surface area contributed by atoms with E-state index < -0.39 is 0 Å². The average molecular weight is 261 g/mol. The molecule has 0 saturated carbocycles. The predicted molar refractivity (Wildman–Crippen MR) is 85.8 cm³/mol. The van der Waals surface area contributed by atoms with Crippen molar-refractivity contribution in [1.29, 1.82) is 0 Å². The summed E-state index contributed by atoms with van der Waals surface area (Å²) in [5, 5.41) is 3.65. The van der Waals surface area contributed by atoms with Gasteiger partial charge in [-0.15, -0.1) is 0 Å². The number of rotatable bonds is 9. The minimum absolute atomic E-state index is 0.642. The van der Waals surface area contributed by atoms with E-state index in [1.165, 1.54) is 55.2 Å². The molecule has 0 aliphatic carbocycles. The molecule has 1 rings (SSSR count). The molecule has 1 atom stereocenters. The standard InChI is InChI=1S/C18H31N/c1-5-7-8-9-10-18(19-6-2)14-17-12-15(3)11-16(4)13-17/h11-13,18-19H,5-10,14H2,1-4H3. The summed E-state index contributed by atoms with van der Waals surface area (Å²) >= 11 is 0. The van der Waals surface area contributed by atoms with Gasteiger partial charge >= 0.3 is 0 Å². The first kappa shape index (κ1) is 16.2. The maximum atomic E-state index is 3.65. The highest BCUT2D eigenvalue weighted by Gasteiger charge is 2.08. The van der Waals surface area contributed by atoms with Gasteiger partial charge in [0.1, 0.15) is 0 Å². The van der Waals surface area contributed by atoms with Crippen LogP contribution in [0.3, 0.4) is 0 Å². The van der Waals surface area contributed by atoms with Crippen LogP contribution in [0.1, 0.15) is 62.6 Å². The third kappa shape index (κ3) is 6.77. The van der Waals surface area contributed by atoms with Crippen LogP contribution < -0.4 is 5.32 Å². The molecule has 1 N–H and O–H groups in total. The Balaban J connectivity index is 2.51. The number of hydrogen-bond donors (Lipinski definition) is 1. The third-order valence-corrected chi connectivity index (χ3v) is 3.66. The Hall–Kier alpha value is -0.820. The average Bonchev–Trinajstić information content (AvgIpc) is 2.33. The predicted octanol–water partition coefficient (Wildman–Crippen LogP) is 4.79. The molecular formula is C18H31N. The van der Waals surface area contributed by atoms with Gasteiger partial charge in [-0.3, -0.25) is 0 Å². The van der Waals surface area contributed by atoms with E-state index in [-0.39, 0.29) is 0 Å². The molecule has 0 aliphatic rings. The highest BCUT2D eigenvalue weighted by Crippen LogP contribution is 2.14. The number of nitrogens with one attached hydrogen (secondary N) is 1. The molecule has 0 amide bonds. The SMILES string of the molecule is CCCCCCC(Cc1cc(C)cc(C)c1)NCC. The summed E-state index contributed by atoms with van der Waals surface area (Å²) in [6.07, 6.45) is 7.91. The molecule has 1 heteroatoms. The van der Waals surface area contributed by atoms with Gasteiger partial charge < -0.3 is 5.32 Å². The summed E-state index contributed by atoms with van der Waals surface area (Å²) in [6, 6.07) is 7.57. The Morgan fingerprint density at radius 2 is 1.63 bits per heavy atom. The lowest BCUT2D eigenvalue weighted by atomic mass is 9.97. The van der Waals surface area contributed by atoms with Crippen molar-refractivity contribution in [1.82, 2.24) is 5.32 Å². The summed E-state index contributed by atoms with van der Waals surface area (Å²) in [5.74, 6) is 0. The summed E-state index contributed by atoms with van der Waals surface area (Å²) in [6.45, 7) is 9.95. The van der Waals surface area contributed by atoms with Crippen molar-refractivity contribution in [2.24, 2.45) is 0 Å². The molecule has 1 unspecified atom stereocenters. The summed E-state index contributed by atoms with van der Waals surface area (Å²) in [7, 11) is 0. The van der Waals surface area contributed by atoms with Crippen molar-refractivity contribution in [2.75, 3.05) is 6.54 Å². The van der Waals surface area contributed by atoms with Gasteiger partial charge in [0.2, 0.25) is 0 Å². The molecule has 0 radical (unpaired) electrons. The minimum atomic E-state index is 0.642. The lowest BCUT2D eigenvalue weighted by Gasteiger charge is -2.18. The smallest absolute Gasteiger partial charge is 0.0107 e. The van der Waals surface area contributed by atoms with Crippen molar-refractivity contribution >= 4 is 0 Å². The fourth-order valence-electron chi connectivity index (χ4n) is 2.85. The van der Waals surface area contributed by atoms with Gasteiger partial charge in [-0.25, -0.2) is 0 Å². The highest BCUT2D eigenvalue weighted by atomic mass is 14.9. The second-order valence-electron chi connectivity index (χ2n) is 5.80. The van der Waals surface area contributed by atoms with Crippen molar-refractivity contribution in [3.05, 3.63) is 34.9 Å². The molecule has 0 spiro atoms. The molecule has 0 aliphatic heterocycles. The molecule has 0 fully saturated rings. The zero-order valence-electron chi connectivity index (χ0n) is 13.3. The van der Waals surface area contributed by atoms with Crippen LogP contribution in [0.2, 0.25) is 0 Å². The van der Waals surface area contributed by atoms with Crippen LogP contribution in [0.4, 0.5) is 0 Å². The first-order valence-electron chi connectivity index (χ1n) is 7.96. The quantitative estimate of drug-likeness (QED) is 0.630. The lowest BCUT2D eigenvalue weighted by Crippen LogP contribution is -2.31. The monoisotopic (exact) mass is 261 g/mol. The zero-order valence-corrected chi connectivity index (χ0v) is 13.3. The molecule has 1 aromatic carbocycles. The zero-order chi connectivity index (χ0) is 14.1. The Kier molecular flexibility index (Phi) is 7.81. The second-order valence-corrected chi connectivity index (χ2v) is 5.80. The topological polar surface area (TPSA) is 12.0 Å². The number of unbranched alkanes of at least 4 members (excludes halogenated alkanes) is 3. The largest absolute Gasteiger partial charge is 0.314 e. The van der Waals surface area contributed by atoms with E-state index in [4.69, 9.17) is 0 Å². The van der Waals surface area contributed by atoms with E-state index in [0.29, 0.717) is 6.04 Å². The van der Waals surface area contributed by atoms with E-state index in [9.17, 15) is 0 Å². The van der Waals surface area contributed by atoms with E-state index in [1.54, 1.807) is 0 Å². The van der Waals surface area contributed by atoms with Crippen LogP contribution in [-0.2, 0) is 6.42 Å². The molecule has 1 nitrogen and oxygen atoms in total. The van der Waals surface area contributed by atoms with Gasteiger partial charge in [0.15, 0.2) is 0 Å². The van der Waals surface area contributed by atoms with E-state index >= 15 is 0 Å². The maximum Gasteiger partial charge on any atom is 0.0107 e. The molecule has 108 valence electrons. The summed E-state index contributed by atoms with van der Waals surface area (Å²) in [5.41, 5.74) is 4.26. The van der Waals surface area contributed by atoms with Gasteiger partial charge in [0, 0.05) is 6.04 Å². The normalized spacial score (nSPS) is 12.6.